The monoisotopic (exact) mass is 240 g/mol. The van der Waals surface area contributed by atoms with E-state index in [1.54, 1.807) is 0 Å². The smallest absolute Gasteiger partial charge is 0.106 e. The number of benzene rings is 1. The van der Waals surface area contributed by atoms with Crippen LogP contribution in [0.4, 0.5) is 11.6 Å². The maximum atomic E-state index is 5.83. The Morgan fingerprint density at radius 2 is 1.61 bits per heavy atom. The number of nitrogens with zero attached hydrogens (tertiary/aromatic N) is 1. The van der Waals surface area contributed by atoms with Crippen LogP contribution in [0, 0.1) is 0 Å². The summed E-state index contributed by atoms with van der Waals surface area (Å²) < 4.78 is 0. The highest BCUT2D eigenvalue weighted by atomic mass is 15.2. The molecule has 1 aliphatic rings. The van der Waals surface area contributed by atoms with Crippen LogP contribution in [-0.2, 0) is 0 Å². The van der Waals surface area contributed by atoms with Gasteiger partial charge < -0.3 is 20.6 Å². The van der Waals surface area contributed by atoms with E-state index in [0.29, 0.717) is 0 Å². The number of H-pyrrole nitrogens is 2. The lowest BCUT2D eigenvalue weighted by Crippen LogP contribution is -2.17. The molecule has 4 rings (SSSR count). The van der Waals surface area contributed by atoms with E-state index >= 15 is 0 Å². The van der Waals surface area contributed by atoms with Gasteiger partial charge in [-0.3, -0.25) is 0 Å². The Morgan fingerprint density at radius 3 is 2.39 bits per heavy atom. The summed E-state index contributed by atoms with van der Waals surface area (Å²) in [5, 5.41) is 2.40. The maximum Gasteiger partial charge on any atom is 0.106 e. The van der Waals surface area contributed by atoms with Gasteiger partial charge in [-0.05, 0) is 25.0 Å². The van der Waals surface area contributed by atoms with Crippen molar-refractivity contribution in [2.75, 3.05) is 23.7 Å². The van der Waals surface area contributed by atoms with Gasteiger partial charge in [0.05, 0.1) is 11.0 Å². The average molecular weight is 240 g/mol. The van der Waals surface area contributed by atoms with Crippen molar-refractivity contribution in [3.8, 4) is 0 Å². The third-order valence-corrected chi connectivity index (χ3v) is 3.84. The van der Waals surface area contributed by atoms with Gasteiger partial charge in [-0.25, -0.2) is 0 Å². The first-order chi connectivity index (χ1) is 8.81. The molecule has 0 aliphatic carbocycles. The Kier molecular flexibility index (Phi) is 1.89. The quantitative estimate of drug-likeness (QED) is 0.612. The van der Waals surface area contributed by atoms with Crippen LogP contribution in [0.1, 0.15) is 12.8 Å². The SMILES string of the molecule is Nc1cc2ccc3cc(N4CCCC4)[nH]c3c2[nH]1. The fraction of sp³-hybridized carbons (Fsp3) is 0.286. The summed E-state index contributed by atoms with van der Waals surface area (Å²) >= 11 is 0. The van der Waals surface area contributed by atoms with Crippen molar-refractivity contribution in [1.82, 2.24) is 9.97 Å². The Hall–Kier alpha value is -2.10. The van der Waals surface area contributed by atoms with Crippen molar-refractivity contribution in [3.05, 3.63) is 24.3 Å². The van der Waals surface area contributed by atoms with Gasteiger partial charge >= 0.3 is 0 Å². The molecule has 0 unspecified atom stereocenters. The van der Waals surface area contributed by atoms with Crippen LogP contribution in [0.2, 0.25) is 0 Å². The van der Waals surface area contributed by atoms with Crippen LogP contribution in [0.25, 0.3) is 21.8 Å². The molecule has 1 aromatic carbocycles. The largest absolute Gasteiger partial charge is 0.385 e. The predicted molar refractivity (Wildman–Crippen MR) is 76.0 cm³/mol. The molecule has 18 heavy (non-hydrogen) atoms. The number of aromatic nitrogens is 2. The van der Waals surface area contributed by atoms with E-state index in [1.807, 2.05) is 6.07 Å². The van der Waals surface area contributed by atoms with Gasteiger partial charge in [-0.2, -0.15) is 0 Å². The van der Waals surface area contributed by atoms with Gasteiger partial charge in [0.2, 0.25) is 0 Å². The molecule has 0 amide bonds. The lowest BCUT2D eigenvalue weighted by atomic mass is 10.2. The van der Waals surface area contributed by atoms with Crippen LogP contribution in [0.3, 0.4) is 0 Å². The summed E-state index contributed by atoms with van der Waals surface area (Å²) in [6.45, 7) is 2.31. The molecule has 4 nitrogen and oxygen atoms in total. The zero-order valence-corrected chi connectivity index (χ0v) is 10.2. The first kappa shape index (κ1) is 9.88. The third kappa shape index (κ3) is 1.32. The van der Waals surface area contributed by atoms with Gasteiger partial charge in [0.15, 0.2) is 0 Å². The fourth-order valence-electron chi connectivity index (χ4n) is 2.93. The highest BCUT2D eigenvalue weighted by Crippen LogP contribution is 2.30. The zero-order valence-electron chi connectivity index (χ0n) is 10.2. The Morgan fingerprint density at radius 1 is 0.944 bits per heavy atom. The van der Waals surface area contributed by atoms with Crippen molar-refractivity contribution in [1.29, 1.82) is 0 Å². The van der Waals surface area contributed by atoms with E-state index in [9.17, 15) is 0 Å². The molecule has 4 N–H and O–H groups in total. The van der Waals surface area contributed by atoms with Crippen LogP contribution in [-0.4, -0.2) is 23.1 Å². The molecule has 1 saturated heterocycles. The second-order valence-corrected chi connectivity index (χ2v) is 5.07. The highest BCUT2D eigenvalue weighted by Gasteiger charge is 2.15. The normalized spacial score (nSPS) is 16.1. The molecule has 3 heterocycles. The van der Waals surface area contributed by atoms with Gasteiger partial charge in [0.1, 0.15) is 11.6 Å². The first-order valence-electron chi connectivity index (χ1n) is 6.46. The van der Waals surface area contributed by atoms with Gasteiger partial charge in [-0.1, -0.05) is 12.1 Å². The molecular weight excluding hydrogens is 224 g/mol. The summed E-state index contributed by atoms with van der Waals surface area (Å²) in [5.74, 6) is 1.94. The van der Waals surface area contributed by atoms with Gasteiger partial charge in [0, 0.05) is 23.9 Å². The van der Waals surface area contributed by atoms with Gasteiger partial charge in [-0.15, -0.1) is 0 Å². The van der Waals surface area contributed by atoms with Crippen LogP contribution < -0.4 is 10.6 Å². The lowest BCUT2D eigenvalue weighted by Gasteiger charge is -2.14. The molecule has 0 spiro atoms. The van der Waals surface area contributed by atoms with Crippen molar-refractivity contribution < 1.29 is 0 Å². The molecule has 3 aromatic rings. The summed E-state index contributed by atoms with van der Waals surface area (Å²) in [7, 11) is 0. The standard InChI is InChI=1S/C14H16N4/c15-11-7-9-3-4-10-8-12(18-5-1-2-6-18)17-14(10)13(9)16-11/h3-4,7-8,16-17H,1-2,5-6,15H2. The Bertz CT molecular complexity index is 716. The van der Waals surface area contributed by atoms with E-state index in [4.69, 9.17) is 5.73 Å². The van der Waals surface area contributed by atoms with E-state index < -0.39 is 0 Å². The minimum absolute atomic E-state index is 0.717. The fourth-order valence-corrected chi connectivity index (χ4v) is 2.93. The van der Waals surface area contributed by atoms with Crippen LogP contribution in [0.15, 0.2) is 24.3 Å². The van der Waals surface area contributed by atoms with E-state index in [-0.39, 0.29) is 0 Å². The number of aromatic amines is 2. The molecule has 0 atom stereocenters. The highest BCUT2D eigenvalue weighted by molar-refractivity contribution is 6.06. The number of nitrogens with one attached hydrogen (secondary N) is 2. The van der Waals surface area contributed by atoms with E-state index in [2.05, 4.69) is 33.1 Å². The second kappa shape index (κ2) is 3.45. The Labute approximate surface area is 105 Å². The lowest BCUT2D eigenvalue weighted by molar-refractivity contribution is 0.949. The molecule has 0 bridgehead atoms. The van der Waals surface area contributed by atoms with Crippen molar-refractivity contribution in [2.45, 2.75) is 12.8 Å². The van der Waals surface area contributed by atoms with Crippen LogP contribution >= 0.6 is 0 Å². The maximum absolute atomic E-state index is 5.83. The van der Waals surface area contributed by atoms with Crippen LogP contribution in [0.5, 0.6) is 0 Å². The minimum atomic E-state index is 0.717. The van der Waals surface area contributed by atoms with Crippen molar-refractivity contribution in [3.63, 3.8) is 0 Å². The number of fused-ring (bicyclic) bond motifs is 3. The predicted octanol–water partition coefficient (Wildman–Crippen LogP) is 2.83. The number of nitrogen functional groups attached to an aromatic ring is 1. The summed E-state index contributed by atoms with van der Waals surface area (Å²) in [5.41, 5.74) is 8.10. The molecule has 1 aliphatic heterocycles. The number of hydrogen-bond acceptors (Lipinski definition) is 2. The molecule has 1 fully saturated rings. The van der Waals surface area contributed by atoms with Crippen molar-refractivity contribution in [2.24, 2.45) is 0 Å². The number of nitrogens with two attached hydrogens (primary N) is 1. The van der Waals surface area contributed by atoms with Gasteiger partial charge in [0.25, 0.3) is 0 Å². The molecule has 0 radical (unpaired) electrons. The number of hydrogen-bond donors (Lipinski definition) is 3. The first-order valence-corrected chi connectivity index (χ1v) is 6.46. The second-order valence-electron chi connectivity index (χ2n) is 5.07. The molecular formula is C14H16N4. The van der Waals surface area contributed by atoms with Crippen molar-refractivity contribution >= 4 is 33.4 Å². The van der Waals surface area contributed by atoms with E-state index in [0.717, 1.165) is 35.3 Å². The molecule has 92 valence electrons. The minimum Gasteiger partial charge on any atom is -0.385 e. The molecule has 2 aromatic heterocycles. The van der Waals surface area contributed by atoms with E-state index in [1.165, 1.54) is 24.0 Å². The number of anilines is 2. The summed E-state index contributed by atoms with van der Waals surface area (Å²) in [4.78, 5) is 9.18. The average Bonchev–Trinajstić information content (AvgIpc) is 3.05. The number of rotatable bonds is 1. The topological polar surface area (TPSA) is 60.8 Å². The third-order valence-electron chi connectivity index (χ3n) is 3.84. The molecule has 0 saturated carbocycles. The summed E-state index contributed by atoms with van der Waals surface area (Å²) in [6, 6.07) is 8.48. The molecule has 4 heteroatoms. The zero-order chi connectivity index (χ0) is 12.1. The Balaban J connectivity index is 1.95. The summed E-state index contributed by atoms with van der Waals surface area (Å²) in [6.07, 6.45) is 2.58.